The largest absolute Gasteiger partial charge is 0.259 e. The van der Waals surface area contributed by atoms with E-state index in [9.17, 15) is 0 Å². The molecule has 0 N–H and O–H groups in total. The van der Waals surface area contributed by atoms with Gasteiger partial charge in [-0.1, -0.05) is 13.3 Å². The summed E-state index contributed by atoms with van der Waals surface area (Å²) < 4.78 is 0. The first-order valence-electron chi connectivity index (χ1n) is 5.19. The molecule has 1 rings (SSSR count). The van der Waals surface area contributed by atoms with Crippen LogP contribution in [0.4, 0.5) is 5.69 Å². The van der Waals surface area contributed by atoms with E-state index in [4.69, 9.17) is 0 Å². The molecule has 0 fully saturated rings. The number of aliphatic imine (C=N–C) groups is 1. The van der Waals surface area contributed by atoms with Crippen LogP contribution in [0.3, 0.4) is 0 Å². The quantitative estimate of drug-likeness (QED) is 0.526. The highest BCUT2D eigenvalue weighted by atomic mass is 14.8. The molecule has 0 bridgehead atoms. The van der Waals surface area contributed by atoms with Gasteiger partial charge >= 0.3 is 0 Å². The van der Waals surface area contributed by atoms with Gasteiger partial charge in [-0.05, 0) is 38.3 Å². The molecule has 0 unspecified atom stereocenters. The summed E-state index contributed by atoms with van der Waals surface area (Å²) in [5.74, 6) is 0. The minimum absolute atomic E-state index is 1.00. The molecule has 0 aromatic carbocycles. The number of nitrogens with zero attached hydrogens (tertiary/aromatic N) is 2. The zero-order valence-corrected chi connectivity index (χ0v) is 9.25. The van der Waals surface area contributed by atoms with Gasteiger partial charge in [-0.15, -0.1) is 0 Å². The summed E-state index contributed by atoms with van der Waals surface area (Å²) in [4.78, 5) is 8.68. The fourth-order valence-corrected chi connectivity index (χ4v) is 1.21. The Kier molecular flexibility index (Phi) is 4.30. The maximum Gasteiger partial charge on any atom is 0.0840 e. The summed E-state index contributed by atoms with van der Waals surface area (Å²) in [6.07, 6.45) is 7.36. The standard InChI is InChI=1S/C12H18N2/c1-4-5-6-7-13-12-8-10(2)9-14-11(12)3/h7-9H,4-6H2,1-3H3. The second-order valence-electron chi connectivity index (χ2n) is 3.57. The fraction of sp³-hybridized carbons (Fsp3) is 0.500. The van der Waals surface area contributed by atoms with E-state index in [0.717, 1.165) is 17.8 Å². The van der Waals surface area contributed by atoms with Crippen molar-refractivity contribution < 1.29 is 0 Å². The highest BCUT2D eigenvalue weighted by molar-refractivity contribution is 5.64. The van der Waals surface area contributed by atoms with Crippen molar-refractivity contribution in [3.63, 3.8) is 0 Å². The van der Waals surface area contributed by atoms with Crippen molar-refractivity contribution >= 4 is 11.9 Å². The minimum atomic E-state index is 1.00. The lowest BCUT2D eigenvalue weighted by Gasteiger charge is -1.99. The van der Waals surface area contributed by atoms with Crippen molar-refractivity contribution in [1.29, 1.82) is 0 Å². The Morgan fingerprint density at radius 2 is 2.21 bits per heavy atom. The third-order valence-corrected chi connectivity index (χ3v) is 2.11. The normalized spacial score (nSPS) is 11.1. The molecule has 0 saturated heterocycles. The summed E-state index contributed by atoms with van der Waals surface area (Å²) >= 11 is 0. The molecule has 0 spiro atoms. The van der Waals surface area contributed by atoms with E-state index in [0.29, 0.717) is 0 Å². The average molecular weight is 190 g/mol. The van der Waals surface area contributed by atoms with Gasteiger partial charge in [-0.2, -0.15) is 0 Å². The van der Waals surface area contributed by atoms with Gasteiger partial charge in [0.1, 0.15) is 0 Å². The Balaban J connectivity index is 2.65. The first-order valence-corrected chi connectivity index (χ1v) is 5.19. The van der Waals surface area contributed by atoms with Gasteiger partial charge in [0.15, 0.2) is 0 Å². The highest BCUT2D eigenvalue weighted by Gasteiger charge is 1.95. The molecule has 0 radical (unpaired) electrons. The van der Waals surface area contributed by atoms with Crippen LogP contribution in [0.25, 0.3) is 0 Å². The summed E-state index contributed by atoms with van der Waals surface area (Å²) in [7, 11) is 0. The lowest BCUT2D eigenvalue weighted by molar-refractivity contribution is 0.842. The molecular formula is C12H18N2. The second-order valence-corrected chi connectivity index (χ2v) is 3.57. The van der Waals surface area contributed by atoms with E-state index >= 15 is 0 Å². The lowest BCUT2D eigenvalue weighted by Crippen LogP contribution is -1.84. The fourth-order valence-electron chi connectivity index (χ4n) is 1.21. The Morgan fingerprint density at radius 1 is 1.43 bits per heavy atom. The molecule has 0 atom stereocenters. The zero-order valence-electron chi connectivity index (χ0n) is 9.25. The van der Waals surface area contributed by atoms with Crippen LogP contribution >= 0.6 is 0 Å². The van der Waals surface area contributed by atoms with Crippen molar-refractivity contribution in [2.24, 2.45) is 4.99 Å². The number of hydrogen-bond acceptors (Lipinski definition) is 2. The van der Waals surface area contributed by atoms with Crippen LogP contribution in [0.15, 0.2) is 17.3 Å². The van der Waals surface area contributed by atoms with Crippen molar-refractivity contribution in [2.75, 3.05) is 0 Å². The van der Waals surface area contributed by atoms with Gasteiger partial charge in [0.05, 0.1) is 11.4 Å². The van der Waals surface area contributed by atoms with Gasteiger partial charge in [-0.25, -0.2) is 0 Å². The summed E-state index contributed by atoms with van der Waals surface area (Å²) in [5, 5.41) is 0. The Labute approximate surface area is 86.1 Å². The Morgan fingerprint density at radius 3 is 2.93 bits per heavy atom. The minimum Gasteiger partial charge on any atom is -0.259 e. The molecule has 2 heteroatoms. The first kappa shape index (κ1) is 10.9. The molecule has 14 heavy (non-hydrogen) atoms. The maximum atomic E-state index is 4.42. The molecular weight excluding hydrogens is 172 g/mol. The van der Waals surface area contributed by atoms with Gasteiger partial charge in [0.2, 0.25) is 0 Å². The number of aryl methyl sites for hydroxylation is 2. The van der Waals surface area contributed by atoms with Gasteiger partial charge in [0, 0.05) is 12.4 Å². The molecule has 1 heterocycles. The number of hydrogen-bond donors (Lipinski definition) is 0. The van der Waals surface area contributed by atoms with Crippen LogP contribution in [0.5, 0.6) is 0 Å². The third kappa shape index (κ3) is 3.29. The van der Waals surface area contributed by atoms with E-state index in [2.05, 4.69) is 23.0 Å². The molecule has 0 aliphatic rings. The number of unbranched alkanes of at least 4 members (excludes halogenated alkanes) is 2. The summed E-state index contributed by atoms with van der Waals surface area (Å²) in [5.41, 5.74) is 3.17. The monoisotopic (exact) mass is 190 g/mol. The molecule has 76 valence electrons. The van der Waals surface area contributed by atoms with Crippen LogP contribution in [-0.4, -0.2) is 11.2 Å². The van der Waals surface area contributed by atoms with Gasteiger partial charge < -0.3 is 0 Å². The van der Waals surface area contributed by atoms with Crippen molar-refractivity contribution in [3.05, 3.63) is 23.5 Å². The third-order valence-electron chi connectivity index (χ3n) is 2.11. The molecule has 0 aliphatic heterocycles. The van der Waals surface area contributed by atoms with E-state index in [1.54, 1.807) is 0 Å². The zero-order chi connectivity index (χ0) is 10.4. The van der Waals surface area contributed by atoms with E-state index in [1.807, 2.05) is 26.3 Å². The van der Waals surface area contributed by atoms with E-state index in [-0.39, 0.29) is 0 Å². The number of aromatic nitrogens is 1. The van der Waals surface area contributed by atoms with E-state index < -0.39 is 0 Å². The highest BCUT2D eigenvalue weighted by Crippen LogP contribution is 2.16. The van der Waals surface area contributed by atoms with Gasteiger partial charge in [-0.3, -0.25) is 9.98 Å². The van der Waals surface area contributed by atoms with Crippen molar-refractivity contribution in [1.82, 2.24) is 4.98 Å². The smallest absolute Gasteiger partial charge is 0.0840 e. The van der Waals surface area contributed by atoms with E-state index in [1.165, 1.54) is 18.4 Å². The van der Waals surface area contributed by atoms with Crippen LogP contribution < -0.4 is 0 Å². The average Bonchev–Trinajstić information content (AvgIpc) is 2.18. The summed E-state index contributed by atoms with van der Waals surface area (Å²) in [6.45, 7) is 6.22. The second kappa shape index (κ2) is 5.53. The van der Waals surface area contributed by atoms with Crippen LogP contribution in [-0.2, 0) is 0 Å². The molecule has 1 aromatic rings. The number of pyridine rings is 1. The first-order chi connectivity index (χ1) is 6.74. The molecule has 1 aromatic heterocycles. The molecule has 0 amide bonds. The predicted octanol–water partition coefficient (Wildman–Crippen LogP) is 3.59. The molecule has 0 saturated carbocycles. The van der Waals surface area contributed by atoms with Crippen LogP contribution in [0.1, 0.15) is 37.4 Å². The molecule has 0 aliphatic carbocycles. The predicted molar refractivity (Wildman–Crippen MR) is 61.4 cm³/mol. The maximum absolute atomic E-state index is 4.42. The molecule has 2 nitrogen and oxygen atoms in total. The lowest BCUT2D eigenvalue weighted by atomic mass is 10.2. The topological polar surface area (TPSA) is 25.2 Å². The van der Waals surface area contributed by atoms with Crippen molar-refractivity contribution in [2.45, 2.75) is 40.0 Å². The number of rotatable bonds is 4. The van der Waals surface area contributed by atoms with Crippen LogP contribution in [0, 0.1) is 13.8 Å². The van der Waals surface area contributed by atoms with Crippen LogP contribution in [0.2, 0.25) is 0 Å². The van der Waals surface area contributed by atoms with Gasteiger partial charge in [0.25, 0.3) is 0 Å². The Bertz CT molecular complexity index is 316. The van der Waals surface area contributed by atoms with Crippen molar-refractivity contribution in [3.8, 4) is 0 Å². The Hall–Kier alpha value is -1.18. The summed E-state index contributed by atoms with van der Waals surface area (Å²) in [6, 6.07) is 2.07. The SMILES string of the molecule is CCCCC=Nc1cc(C)cnc1C.